The van der Waals surface area contributed by atoms with E-state index in [0.717, 1.165) is 15.6 Å². The van der Waals surface area contributed by atoms with Crippen molar-refractivity contribution >= 4 is 28.3 Å². The number of nitro benzene ring substituents is 1. The van der Waals surface area contributed by atoms with Crippen molar-refractivity contribution in [2.24, 2.45) is 5.92 Å². The molecule has 1 aliphatic carbocycles. The van der Waals surface area contributed by atoms with E-state index in [1.165, 1.54) is 12.8 Å². The molecule has 0 amide bonds. The van der Waals surface area contributed by atoms with Gasteiger partial charge in [0.05, 0.1) is 4.92 Å². The average Bonchev–Trinajstić information content (AvgIpc) is 3.11. The third-order valence-electron chi connectivity index (χ3n) is 3.25. The van der Waals surface area contributed by atoms with E-state index >= 15 is 0 Å². The number of rotatable bonds is 5. The number of hydrogen-bond acceptors (Lipinski definition) is 3. The van der Waals surface area contributed by atoms with Gasteiger partial charge in [-0.3, -0.25) is 10.1 Å². The number of hydrogen-bond donors (Lipinski definition) is 1. The fourth-order valence-electron chi connectivity index (χ4n) is 2.12. The molecule has 1 aromatic rings. The number of benzene rings is 1. The molecule has 0 heterocycles. The molecule has 4 nitrogen and oxygen atoms in total. The van der Waals surface area contributed by atoms with Crippen LogP contribution in [0.2, 0.25) is 0 Å². The van der Waals surface area contributed by atoms with Crippen molar-refractivity contribution in [1.29, 1.82) is 0 Å². The Kier molecular flexibility index (Phi) is 3.98. The second-order valence-electron chi connectivity index (χ2n) is 4.47. The molecule has 17 heavy (non-hydrogen) atoms. The van der Waals surface area contributed by atoms with Crippen molar-refractivity contribution in [1.82, 2.24) is 5.32 Å². The topological polar surface area (TPSA) is 55.2 Å². The Morgan fingerprint density at radius 3 is 2.82 bits per heavy atom. The molecule has 1 fully saturated rings. The minimum absolute atomic E-state index is 0.248. The summed E-state index contributed by atoms with van der Waals surface area (Å²) in [4.78, 5) is 10.7. The van der Waals surface area contributed by atoms with Gasteiger partial charge in [0.25, 0.3) is 5.69 Å². The van der Waals surface area contributed by atoms with Crippen LogP contribution in [0.1, 0.15) is 18.4 Å². The highest BCUT2D eigenvalue weighted by molar-refractivity contribution is 14.1. The van der Waals surface area contributed by atoms with Gasteiger partial charge in [-0.25, -0.2) is 0 Å². The molecule has 0 saturated heterocycles. The largest absolute Gasteiger partial charge is 0.316 e. The second kappa shape index (κ2) is 5.30. The van der Waals surface area contributed by atoms with Crippen LogP contribution in [0.15, 0.2) is 18.2 Å². The number of halogens is 1. The summed E-state index contributed by atoms with van der Waals surface area (Å²) in [5, 5.41) is 14.3. The summed E-state index contributed by atoms with van der Waals surface area (Å²) in [5.41, 5.74) is 1.08. The summed E-state index contributed by atoms with van der Waals surface area (Å²) >= 11 is 2.10. The van der Waals surface area contributed by atoms with Gasteiger partial charge in [0.1, 0.15) is 0 Å². The van der Waals surface area contributed by atoms with Gasteiger partial charge in [0.15, 0.2) is 0 Å². The molecule has 0 bridgehead atoms. The maximum atomic E-state index is 11.0. The van der Waals surface area contributed by atoms with E-state index in [1.54, 1.807) is 6.07 Å². The predicted octanol–water partition coefficient (Wildman–Crippen LogP) is 2.74. The Labute approximate surface area is 114 Å². The van der Waals surface area contributed by atoms with E-state index in [9.17, 15) is 10.1 Å². The zero-order valence-electron chi connectivity index (χ0n) is 9.65. The lowest BCUT2D eigenvalue weighted by molar-refractivity contribution is -0.385. The van der Waals surface area contributed by atoms with Crippen LogP contribution in [-0.2, 0) is 6.42 Å². The highest BCUT2D eigenvalue weighted by Gasteiger charge is 2.31. The second-order valence-corrected chi connectivity index (χ2v) is 5.71. The van der Waals surface area contributed by atoms with Gasteiger partial charge in [-0.2, -0.15) is 0 Å². The van der Waals surface area contributed by atoms with E-state index in [-0.39, 0.29) is 10.6 Å². The number of nitrogens with zero attached hydrogens (tertiary/aromatic N) is 1. The van der Waals surface area contributed by atoms with E-state index in [4.69, 9.17) is 0 Å². The lowest BCUT2D eigenvalue weighted by atomic mass is 10.0. The van der Waals surface area contributed by atoms with Crippen molar-refractivity contribution in [2.45, 2.75) is 25.3 Å². The molecule has 0 aliphatic heterocycles. The standard InChI is InChI=1S/C12H15IN2O2/c1-14-11(8-2-3-8)6-9-4-5-10(13)7-12(9)15(16)17/h4-5,7-8,11,14H,2-3,6H2,1H3. The first-order chi connectivity index (χ1) is 8.11. The van der Waals surface area contributed by atoms with Crippen molar-refractivity contribution < 1.29 is 4.92 Å². The normalized spacial score (nSPS) is 16.8. The number of nitrogens with one attached hydrogen (secondary N) is 1. The van der Waals surface area contributed by atoms with Gasteiger partial charge in [-0.05, 0) is 60.9 Å². The third-order valence-corrected chi connectivity index (χ3v) is 3.92. The van der Waals surface area contributed by atoms with Crippen LogP contribution in [-0.4, -0.2) is 18.0 Å². The van der Waals surface area contributed by atoms with Crippen LogP contribution >= 0.6 is 22.6 Å². The van der Waals surface area contributed by atoms with E-state index < -0.39 is 0 Å². The Bertz CT molecular complexity index is 433. The first kappa shape index (κ1) is 12.8. The van der Waals surface area contributed by atoms with Gasteiger partial charge in [0.2, 0.25) is 0 Å². The van der Waals surface area contributed by atoms with Crippen LogP contribution in [0.5, 0.6) is 0 Å². The van der Waals surface area contributed by atoms with Crippen molar-refractivity contribution in [2.75, 3.05) is 7.05 Å². The Morgan fingerprint density at radius 2 is 2.29 bits per heavy atom. The minimum Gasteiger partial charge on any atom is -0.316 e. The molecule has 0 radical (unpaired) electrons. The van der Waals surface area contributed by atoms with Gasteiger partial charge in [-0.1, -0.05) is 6.07 Å². The third kappa shape index (κ3) is 3.16. The molecule has 92 valence electrons. The SMILES string of the molecule is CNC(Cc1ccc(I)cc1[N+](=O)[O-])C1CC1. The van der Waals surface area contributed by atoms with E-state index in [0.29, 0.717) is 12.0 Å². The molecule has 1 atom stereocenters. The van der Waals surface area contributed by atoms with Gasteiger partial charge >= 0.3 is 0 Å². The van der Waals surface area contributed by atoms with Crippen LogP contribution in [0.3, 0.4) is 0 Å². The highest BCUT2D eigenvalue weighted by Crippen LogP contribution is 2.35. The molecule has 5 heteroatoms. The summed E-state index contributed by atoms with van der Waals surface area (Å²) in [6.07, 6.45) is 3.22. The maximum absolute atomic E-state index is 11.0. The van der Waals surface area contributed by atoms with Crippen molar-refractivity contribution in [3.8, 4) is 0 Å². The van der Waals surface area contributed by atoms with Crippen LogP contribution < -0.4 is 5.32 Å². The molecular weight excluding hydrogens is 331 g/mol. The molecule has 2 rings (SSSR count). The van der Waals surface area contributed by atoms with Crippen molar-refractivity contribution in [3.63, 3.8) is 0 Å². The molecule has 0 spiro atoms. The fourth-order valence-corrected chi connectivity index (χ4v) is 2.59. The van der Waals surface area contributed by atoms with E-state index in [2.05, 4.69) is 27.9 Å². The first-order valence-corrected chi connectivity index (χ1v) is 6.79. The summed E-state index contributed by atoms with van der Waals surface area (Å²) in [6.45, 7) is 0. The van der Waals surface area contributed by atoms with Gasteiger partial charge in [0, 0.05) is 21.2 Å². The molecule has 1 N–H and O–H groups in total. The zero-order chi connectivity index (χ0) is 12.4. The predicted molar refractivity (Wildman–Crippen MR) is 75.1 cm³/mol. The lowest BCUT2D eigenvalue weighted by Crippen LogP contribution is -2.29. The van der Waals surface area contributed by atoms with Gasteiger partial charge < -0.3 is 5.32 Å². The quantitative estimate of drug-likeness (QED) is 0.507. The molecule has 1 aliphatic rings. The Hall–Kier alpha value is -0.690. The monoisotopic (exact) mass is 346 g/mol. The minimum atomic E-state index is -0.281. The smallest absolute Gasteiger partial charge is 0.273 e. The molecular formula is C12H15IN2O2. The van der Waals surface area contributed by atoms with Crippen molar-refractivity contribution in [3.05, 3.63) is 37.4 Å². The molecule has 1 aromatic carbocycles. The average molecular weight is 346 g/mol. The lowest BCUT2D eigenvalue weighted by Gasteiger charge is -2.15. The van der Waals surface area contributed by atoms with Crippen LogP contribution in [0.4, 0.5) is 5.69 Å². The highest BCUT2D eigenvalue weighted by atomic mass is 127. The molecule has 1 saturated carbocycles. The fraction of sp³-hybridized carbons (Fsp3) is 0.500. The zero-order valence-corrected chi connectivity index (χ0v) is 11.8. The molecule has 0 aromatic heterocycles. The van der Waals surface area contributed by atoms with Crippen LogP contribution in [0, 0.1) is 19.6 Å². The number of nitro groups is 1. The maximum Gasteiger partial charge on any atom is 0.273 e. The van der Waals surface area contributed by atoms with Gasteiger partial charge in [-0.15, -0.1) is 0 Å². The Morgan fingerprint density at radius 1 is 1.59 bits per heavy atom. The Balaban J connectivity index is 2.21. The summed E-state index contributed by atoms with van der Waals surface area (Å²) < 4.78 is 0.908. The van der Waals surface area contributed by atoms with Crippen LogP contribution in [0.25, 0.3) is 0 Å². The summed E-state index contributed by atoms with van der Waals surface area (Å²) in [6, 6.07) is 5.83. The summed E-state index contributed by atoms with van der Waals surface area (Å²) in [5.74, 6) is 0.693. The number of likely N-dealkylation sites (N-methyl/N-ethyl adjacent to an activating group) is 1. The van der Waals surface area contributed by atoms with E-state index in [1.807, 2.05) is 19.2 Å². The molecule has 1 unspecified atom stereocenters. The summed E-state index contributed by atoms with van der Waals surface area (Å²) in [7, 11) is 1.93. The first-order valence-electron chi connectivity index (χ1n) is 5.72.